The summed E-state index contributed by atoms with van der Waals surface area (Å²) in [6.07, 6.45) is 4.67. The Hall–Kier alpha value is -5.60. The van der Waals surface area contributed by atoms with E-state index in [1.54, 1.807) is 73.1 Å². The number of halogens is 6. The highest BCUT2D eigenvalue weighted by Crippen LogP contribution is 2.35. The lowest BCUT2D eigenvalue weighted by atomic mass is 9.96. The first-order valence-corrected chi connectivity index (χ1v) is 19.4. The number of hydrogen-bond acceptors (Lipinski definition) is 8. The van der Waals surface area contributed by atoms with Crippen LogP contribution in [0.3, 0.4) is 0 Å². The molecule has 2 aromatic carbocycles. The van der Waals surface area contributed by atoms with E-state index in [0.717, 1.165) is 10.8 Å². The Morgan fingerprint density at radius 1 is 0.603 bits per heavy atom. The molecule has 6 heterocycles. The third-order valence-corrected chi connectivity index (χ3v) is 10.6. The molecule has 2 aliphatic rings. The van der Waals surface area contributed by atoms with Gasteiger partial charge < -0.3 is 20.4 Å². The normalized spacial score (nSPS) is 18.6. The minimum absolute atomic E-state index is 0.0184. The summed E-state index contributed by atoms with van der Waals surface area (Å²) in [5.74, 6) is -5.17. The lowest BCUT2D eigenvalue weighted by molar-refractivity contribution is -0.0683. The van der Waals surface area contributed by atoms with Crippen LogP contribution in [0.1, 0.15) is 46.4 Å². The van der Waals surface area contributed by atoms with Crippen LogP contribution in [-0.2, 0) is 0 Å². The van der Waals surface area contributed by atoms with E-state index < -0.39 is 36.8 Å². The van der Waals surface area contributed by atoms with Crippen LogP contribution in [0.5, 0.6) is 0 Å². The molecule has 58 heavy (non-hydrogen) atoms. The van der Waals surface area contributed by atoms with Crippen LogP contribution in [0.15, 0.2) is 110 Å². The molecule has 2 N–H and O–H groups in total. The molecular formula is C42H38Cl2F4N8O2. The van der Waals surface area contributed by atoms with E-state index >= 15 is 0 Å². The van der Waals surface area contributed by atoms with Crippen molar-refractivity contribution in [2.75, 3.05) is 36.8 Å². The molecule has 10 nitrogen and oxygen atoms in total. The zero-order valence-electron chi connectivity index (χ0n) is 31.0. The Labute approximate surface area is 341 Å². The first kappa shape index (κ1) is 40.6. The largest absolute Gasteiger partial charge is 0.368 e. The van der Waals surface area contributed by atoms with Crippen molar-refractivity contribution in [1.29, 1.82) is 0 Å². The molecule has 2 amide bonds. The fourth-order valence-electron chi connectivity index (χ4n) is 7.22. The van der Waals surface area contributed by atoms with Crippen LogP contribution < -0.4 is 10.6 Å². The number of pyridine rings is 4. The summed E-state index contributed by atoms with van der Waals surface area (Å²) in [7, 11) is 0. The number of nitrogens with one attached hydrogen (secondary N) is 2. The van der Waals surface area contributed by atoms with Gasteiger partial charge in [-0.25, -0.2) is 27.5 Å². The molecule has 0 saturated carbocycles. The predicted molar refractivity (Wildman–Crippen MR) is 217 cm³/mol. The first-order valence-electron chi connectivity index (χ1n) is 18.6. The van der Waals surface area contributed by atoms with E-state index in [2.05, 4.69) is 30.6 Å². The number of carbonyl (C=O) groups is 2. The second-order valence-electron chi connectivity index (χ2n) is 14.2. The molecule has 4 aromatic heterocycles. The minimum Gasteiger partial charge on any atom is -0.368 e. The molecule has 2 atom stereocenters. The predicted octanol–water partition coefficient (Wildman–Crippen LogP) is 9.27. The summed E-state index contributed by atoms with van der Waals surface area (Å²) in [4.78, 5) is 46.5. The molecule has 2 unspecified atom stereocenters. The Morgan fingerprint density at radius 3 is 1.41 bits per heavy atom. The smallest absolute Gasteiger partial charge is 0.256 e. The number of carbonyl (C=O) groups excluding carboxylic acids is 2. The van der Waals surface area contributed by atoms with Gasteiger partial charge in [0.15, 0.2) is 0 Å². The van der Waals surface area contributed by atoms with Crippen molar-refractivity contribution in [1.82, 2.24) is 29.7 Å². The van der Waals surface area contributed by atoms with Crippen LogP contribution in [0, 0.1) is 0 Å². The number of anilines is 2. The number of aromatic nitrogens is 4. The number of alkyl halides is 4. The number of amides is 2. The molecule has 0 bridgehead atoms. The van der Waals surface area contributed by atoms with Gasteiger partial charge in [-0.1, -0.05) is 59.6 Å². The van der Waals surface area contributed by atoms with Gasteiger partial charge >= 0.3 is 0 Å². The maximum Gasteiger partial charge on any atom is 0.256 e. The maximum atomic E-state index is 14.1. The molecule has 6 aromatic rings. The third kappa shape index (κ3) is 9.74. The van der Waals surface area contributed by atoms with Gasteiger partial charge in [-0.05, 0) is 48.5 Å². The Balaban J connectivity index is 0.000000177. The molecule has 0 aliphatic carbocycles. The van der Waals surface area contributed by atoms with Crippen LogP contribution in [0.4, 0.5) is 29.2 Å². The van der Waals surface area contributed by atoms with Crippen LogP contribution in [0.25, 0.3) is 21.8 Å². The van der Waals surface area contributed by atoms with Crippen LogP contribution in [0.2, 0.25) is 10.0 Å². The number of hydrogen-bond donors (Lipinski definition) is 2. The van der Waals surface area contributed by atoms with Crippen molar-refractivity contribution in [3.63, 3.8) is 0 Å². The van der Waals surface area contributed by atoms with Gasteiger partial charge in [0.1, 0.15) is 11.6 Å². The highest BCUT2D eigenvalue weighted by Gasteiger charge is 2.43. The number of rotatable bonds is 8. The Morgan fingerprint density at radius 2 is 1.02 bits per heavy atom. The summed E-state index contributed by atoms with van der Waals surface area (Å²) in [6, 6.07) is 23.3. The standard InChI is InChI=1S/2C21H19ClF2N4O/c2*22-15-6-7-18(26-12-15)27-13-16-11-21(23,24)8-10-28(16)20(29)17-5-1-3-14-4-2-9-25-19(14)17/h2*1-7,9,12,16H,8,10-11,13H2,(H,26,27). The zero-order chi connectivity index (χ0) is 40.9. The minimum atomic E-state index is -2.81. The summed E-state index contributed by atoms with van der Waals surface area (Å²) in [6.45, 7) is 0.285. The SMILES string of the molecule is O=C(c1cccc2cccnc12)N1CCC(F)(F)CC1CNc1ccc(Cl)cn1.O=C(c1cccc2cccnc12)N1CCC(F)(F)CC1CNc1ccc(Cl)cn1. The number of nitrogens with zero attached hydrogens (tertiary/aromatic N) is 6. The van der Waals surface area contributed by atoms with E-state index in [0.29, 0.717) is 43.8 Å². The summed E-state index contributed by atoms with van der Waals surface area (Å²) < 4.78 is 56.5. The quantitative estimate of drug-likeness (QED) is 0.146. The van der Waals surface area contributed by atoms with E-state index in [1.165, 1.54) is 22.2 Å². The number of fused-ring (bicyclic) bond motifs is 2. The monoisotopic (exact) mass is 832 g/mol. The van der Waals surface area contributed by atoms with E-state index in [-0.39, 0.29) is 50.8 Å². The summed E-state index contributed by atoms with van der Waals surface area (Å²) in [5.41, 5.74) is 1.98. The third-order valence-electron chi connectivity index (χ3n) is 10.1. The molecule has 2 saturated heterocycles. The van der Waals surface area contributed by atoms with E-state index in [9.17, 15) is 27.2 Å². The molecule has 300 valence electrons. The first-order chi connectivity index (χ1) is 27.9. The summed E-state index contributed by atoms with van der Waals surface area (Å²) >= 11 is 11.7. The lowest BCUT2D eigenvalue weighted by Crippen LogP contribution is -2.52. The van der Waals surface area contributed by atoms with Crippen molar-refractivity contribution >= 4 is 68.5 Å². The Bertz CT molecular complexity index is 2210. The van der Waals surface area contributed by atoms with Crippen LogP contribution in [-0.4, -0.2) is 91.7 Å². The molecule has 16 heteroatoms. The maximum absolute atomic E-state index is 14.1. The highest BCUT2D eigenvalue weighted by atomic mass is 35.5. The topological polar surface area (TPSA) is 116 Å². The van der Waals surface area contributed by atoms with Crippen molar-refractivity contribution in [3.8, 4) is 0 Å². The second-order valence-corrected chi connectivity index (χ2v) is 15.0. The van der Waals surface area contributed by atoms with Gasteiger partial charge in [-0.3, -0.25) is 19.6 Å². The number of para-hydroxylation sites is 2. The molecular weight excluding hydrogens is 795 g/mol. The number of benzene rings is 2. The average molecular weight is 834 g/mol. The van der Waals surface area contributed by atoms with E-state index in [1.807, 2.05) is 24.3 Å². The van der Waals surface area contributed by atoms with Gasteiger partial charge in [0.25, 0.3) is 23.7 Å². The van der Waals surface area contributed by atoms with Crippen molar-refractivity contribution < 1.29 is 27.2 Å². The molecule has 8 rings (SSSR count). The average Bonchev–Trinajstić information content (AvgIpc) is 3.22. The molecule has 2 aliphatic heterocycles. The van der Waals surface area contributed by atoms with Gasteiger partial charge in [0.2, 0.25) is 0 Å². The number of piperidine rings is 2. The molecule has 2 fully saturated rings. The molecule has 0 radical (unpaired) electrons. The van der Waals surface area contributed by atoms with Crippen molar-refractivity contribution in [2.45, 2.75) is 49.6 Å². The van der Waals surface area contributed by atoms with Gasteiger partial charge in [-0.15, -0.1) is 0 Å². The van der Waals surface area contributed by atoms with Gasteiger partial charge in [-0.2, -0.15) is 0 Å². The van der Waals surface area contributed by atoms with Crippen LogP contribution >= 0.6 is 23.2 Å². The van der Waals surface area contributed by atoms with E-state index in [4.69, 9.17) is 23.2 Å². The molecule has 0 spiro atoms. The Kier molecular flexibility index (Phi) is 12.2. The highest BCUT2D eigenvalue weighted by molar-refractivity contribution is 6.30. The fourth-order valence-corrected chi connectivity index (χ4v) is 7.44. The van der Waals surface area contributed by atoms with Gasteiger partial charge in [0, 0.05) is 87.4 Å². The summed E-state index contributed by atoms with van der Waals surface area (Å²) in [5, 5.41) is 8.72. The zero-order valence-corrected chi connectivity index (χ0v) is 32.5. The van der Waals surface area contributed by atoms with Gasteiger partial charge in [0.05, 0.1) is 44.3 Å². The van der Waals surface area contributed by atoms with Crippen molar-refractivity contribution in [3.05, 3.63) is 131 Å². The lowest BCUT2D eigenvalue weighted by Gasteiger charge is -2.39. The second kappa shape index (κ2) is 17.5. The number of likely N-dealkylation sites (tertiary alicyclic amines) is 2. The fraction of sp³-hybridized carbons (Fsp3) is 0.286. The van der Waals surface area contributed by atoms with Crippen molar-refractivity contribution in [2.24, 2.45) is 0 Å².